The minimum atomic E-state index is 0.539. The molecule has 1 aromatic heterocycles. The van der Waals surface area contributed by atoms with E-state index in [2.05, 4.69) is 48.6 Å². The van der Waals surface area contributed by atoms with Gasteiger partial charge in [0.15, 0.2) is 0 Å². The van der Waals surface area contributed by atoms with Crippen molar-refractivity contribution in [2.24, 2.45) is 12.8 Å². The van der Waals surface area contributed by atoms with E-state index in [4.69, 9.17) is 10.7 Å². The summed E-state index contributed by atoms with van der Waals surface area (Å²) < 4.78 is 4.16. The first-order valence-electron chi connectivity index (χ1n) is 6.21. The van der Waals surface area contributed by atoms with Crippen LogP contribution in [0.25, 0.3) is 22.4 Å². The number of aryl methyl sites for hydroxylation is 1. The van der Waals surface area contributed by atoms with Crippen LogP contribution in [0.2, 0.25) is 0 Å². The van der Waals surface area contributed by atoms with Crippen molar-refractivity contribution in [1.82, 2.24) is 9.55 Å². The van der Waals surface area contributed by atoms with Crippen LogP contribution in [0.15, 0.2) is 45.3 Å². The number of nitrogens with two attached hydrogens (primary N) is 1. The van der Waals surface area contributed by atoms with E-state index in [0.29, 0.717) is 6.54 Å². The molecule has 3 nitrogen and oxygen atoms in total. The van der Waals surface area contributed by atoms with E-state index >= 15 is 0 Å². The van der Waals surface area contributed by atoms with Crippen molar-refractivity contribution in [1.29, 1.82) is 0 Å². The average molecular weight is 395 g/mol. The summed E-state index contributed by atoms with van der Waals surface area (Å²) in [6.45, 7) is 0.539. The second kappa shape index (κ2) is 5.31. The standard InChI is InChI=1S/C15H13Br2N3/c1-20-14-6-9(8-18)2-5-13(14)19-15(20)11-7-10(16)3-4-12(11)17/h2-7H,8,18H2,1H3. The van der Waals surface area contributed by atoms with Gasteiger partial charge >= 0.3 is 0 Å². The van der Waals surface area contributed by atoms with Gasteiger partial charge in [-0.05, 0) is 35.9 Å². The summed E-state index contributed by atoms with van der Waals surface area (Å²) in [4.78, 5) is 4.73. The summed E-state index contributed by atoms with van der Waals surface area (Å²) in [5, 5.41) is 0. The van der Waals surface area contributed by atoms with Crippen LogP contribution >= 0.6 is 31.9 Å². The average Bonchev–Trinajstić information content (AvgIpc) is 2.78. The fourth-order valence-corrected chi connectivity index (χ4v) is 3.06. The first-order chi connectivity index (χ1) is 9.60. The summed E-state index contributed by atoms with van der Waals surface area (Å²) in [6, 6.07) is 12.2. The maximum atomic E-state index is 5.71. The summed E-state index contributed by atoms with van der Waals surface area (Å²) in [5.41, 5.74) is 9.95. The Labute approximate surface area is 134 Å². The Balaban J connectivity index is 2.26. The van der Waals surface area contributed by atoms with Crippen molar-refractivity contribution in [3.63, 3.8) is 0 Å². The highest BCUT2D eigenvalue weighted by molar-refractivity contribution is 9.11. The Morgan fingerprint density at radius 1 is 1.15 bits per heavy atom. The molecule has 0 aliphatic heterocycles. The highest BCUT2D eigenvalue weighted by Crippen LogP contribution is 2.32. The van der Waals surface area contributed by atoms with Gasteiger partial charge < -0.3 is 10.3 Å². The third-order valence-electron chi connectivity index (χ3n) is 3.35. The van der Waals surface area contributed by atoms with Crippen molar-refractivity contribution < 1.29 is 0 Å². The van der Waals surface area contributed by atoms with Gasteiger partial charge in [0.1, 0.15) is 5.82 Å². The molecule has 0 saturated heterocycles. The molecule has 2 N–H and O–H groups in total. The molecule has 0 unspecified atom stereocenters. The van der Waals surface area contributed by atoms with Crippen molar-refractivity contribution in [2.45, 2.75) is 6.54 Å². The van der Waals surface area contributed by atoms with E-state index in [1.54, 1.807) is 0 Å². The van der Waals surface area contributed by atoms with Crippen molar-refractivity contribution in [2.75, 3.05) is 0 Å². The van der Waals surface area contributed by atoms with Crippen molar-refractivity contribution in [3.8, 4) is 11.4 Å². The van der Waals surface area contributed by atoms with Gasteiger partial charge in [0, 0.05) is 28.1 Å². The molecule has 0 bridgehead atoms. The molecule has 3 rings (SSSR count). The number of benzene rings is 2. The molecule has 20 heavy (non-hydrogen) atoms. The van der Waals surface area contributed by atoms with E-state index in [0.717, 1.165) is 36.9 Å². The molecule has 0 spiro atoms. The minimum absolute atomic E-state index is 0.539. The van der Waals surface area contributed by atoms with Gasteiger partial charge in [-0.25, -0.2) is 4.98 Å². The molecule has 0 saturated carbocycles. The Hall–Kier alpha value is -1.17. The van der Waals surface area contributed by atoms with Crippen LogP contribution in [-0.4, -0.2) is 9.55 Å². The highest BCUT2D eigenvalue weighted by atomic mass is 79.9. The van der Waals surface area contributed by atoms with Crippen LogP contribution in [0.4, 0.5) is 0 Å². The number of nitrogens with zero attached hydrogens (tertiary/aromatic N) is 2. The maximum absolute atomic E-state index is 5.71. The molecule has 0 fully saturated rings. The van der Waals surface area contributed by atoms with E-state index in [-0.39, 0.29) is 0 Å². The van der Waals surface area contributed by atoms with Crippen molar-refractivity contribution >= 4 is 42.9 Å². The lowest BCUT2D eigenvalue weighted by atomic mass is 10.2. The zero-order chi connectivity index (χ0) is 14.3. The molecule has 0 aliphatic carbocycles. The predicted octanol–water partition coefficient (Wildman–Crippen LogP) is 4.22. The third-order valence-corrected chi connectivity index (χ3v) is 4.54. The first-order valence-corrected chi connectivity index (χ1v) is 7.79. The van der Waals surface area contributed by atoms with Gasteiger partial charge in [-0.15, -0.1) is 0 Å². The Morgan fingerprint density at radius 3 is 2.70 bits per heavy atom. The molecule has 0 amide bonds. The summed E-state index contributed by atoms with van der Waals surface area (Å²) >= 11 is 7.10. The van der Waals surface area contributed by atoms with Crippen molar-refractivity contribution in [3.05, 3.63) is 50.9 Å². The highest BCUT2D eigenvalue weighted by Gasteiger charge is 2.13. The predicted molar refractivity (Wildman–Crippen MR) is 89.4 cm³/mol. The van der Waals surface area contributed by atoms with Crippen LogP contribution in [0.1, 0.15) is 5.56 Å². The number of fused-ring (bicyclic) bond motifs is 1. The van der Waals surface area contributed by atoms with E-state index < -0.39 is 0 Å². The molecule has 5 heteroatoms. The van der Waals surface area contributed by atoms with Gasteiger partial charge in [-0.3, -0.25) is 0 Å². The number of hydrogen-bond donors (Lipinski definition) is 1. The summed E-state index contributed by atoms with van der Waals surface area (Å²) in [6.07, 6.45) is 0. The molecular formula is C15H13Br2N3. The fraction of sp³-hybridized carbons (Fsp3) is 0.133. The summed E-state index contributed by atoms with van der Waals surface area (Å²) in [7, 11) is 2.03. The van der Waals surface area contributed by atoms with Crippen LogP contribution < -0.4 is 5.73 Å². The molecule has 1 heterocycles. The number of imidazole rings is 1. The molecule has 3 aromatic rings. The molecule has 0 aliphatic rings. The largest absolute Gasteiger partial charge is 0.327 e. The monoisotopic (exact) mass is 393 g/mol. The summed E-state index contributed by atoms with van der Waals surface area (Å²) in [5.74, 6) is 0.933. The van der Waals surface area contributed by atoms with E-state index in [1.165, 1.54) is 0 Å². The zero-order valence-electron chi connectivity index (χ0n) is 10.9. The quantitative estimate of drug-likeness (QED) is 0.706. The second-order valence-electron chi connectivity index (χ2n) is 4.65. The first kappa shape index (κ1) is 13.8. The molecular weight excluding hydrogens is 382 g/mol. The fourth-order valence-electron chi connectivity index (χ4n) is 2.27. The van der Waals surface area contributed by atoms with Gasteiger partial charge in [-0.1, -0.05) is 37.9 Å². The Bertz CT molecular complexity index is 793. The Kier molecular flexibility index (Phi) is 3.67. The molecule has 0 atom stereocenters. The van der Waals surface area contributed by atoms with Gasteiger partial charge in [0.2, 0.25) is 0 Å². The normalized spacial score (nSPS) is 11.2. The topological polar surface area (TPSA) is 43.8 Å². The SMILES string of the molecule is Cn1c(-c2cc(Br)ccc2Br)nc2ccc(CN)cc21. The Morgan fingerprint density at radius 2 is 1.95 bits per heavy atom. The molecule has 102 valence electrons. The van der Waals surface area contributed by atoms with E-state index in [9.17, 15) is 0 Å². The lowest BCUT2D eigenvalue weighted by Crippen LogP contribution is -1.97. The number of hydrogen-bond acceptors (Lipinski definition) is 2. The smallest absolute Gasteiger partial charge is 0.142 e. The lowest BCUT2D eigenvalue weighted by Gasteiger charge is -2.06. The zero-order valence-corrected chi connectivity index (χ0v) is 14.1. The number of halogens is 2. The van der Waals surface area contributed by atoms with Crippen LogP contribution in [-0.2, 0) is 13.6 Å². The maximum Gasteiger partial charge on any atom is 0.142 e. The minimum Gasteiger partial charge on any atom is -0.327 e. The van der Waals surface area contributed by atoms with Gasteiger partial charge in [-0.2, -0.15) is 0 Å². The van der Waals surface area contributed by atoms with Gasteiger partial charge in [0.05, 0.1) is 11.0 Å². The lowest BCUT2D eigenvalue weighted by molar-refractivity contribution is 0.955. The molecule has 2 aromatic carbocycles. The van der Waals surface area contributed by atoms with Crippen LogP contribution in [0.3, 0.4) is 0 Å². The van der Waals surface area contributed by atoms with E-state index in [1.807, 2.05) is 31.3 Å². The van der Waals surface area contributed by atoms with Crippen LogP contribution in [0.5, 0.6) is 0 Å². The number of aromatic nitrogens is 2. The molecule has 0 radical (unpaired) electrons. The van der Waals surface area contributed by atoms with Gasteiger partial charge in [0.25, 0.3) is 0 Å². The third kappa shape index (κ3) is 2.30. The van der Waals surface area contributed by atoms with Crippen LogP contribution in [0, 0.1) is 0 Å². The number of rotatable bonds is 2. The second-order valence-corrected chi connectivity index (χ2v) is 6.42.